The van der Waals surface area contributed by atoms with Crippen molar-refractivity contribution in [3.8, 4) is 0 Å². The van der Waals surface area contributed by atoms with Gasteiger partial charge in [0, 0.05) is 36.9 Å². The number of nitrogens with one attached hydrogen (secondary N) is 2. The molecule has 128 valence electrons. The lowest BCUT2D eigenvalue weighted by Crippen LogP contribution is -2.49. The van der Waals surface area contributed by atoms with Crippen molar-refractivity contribution in [1.29, 1.82) is 0 Å². The fourth-order valence-electron chi connectivity index (χ4n) is 2.85. The first-order valence-electron chi connectivity index (χ1n) is 8.08. The number of rotatable bonds is 4. The maximum Gasteiger partial charge on any atom is 0.267 e. The lowest BCUT2D eigenvalue weighted by Gasteiger charge is -2.32. The summed E-state index contributed by atoms with van der Waals surface area (Å²) in [5, 5.41) is 8.73. The average molecular weight is 348 g/mol. The Kier molecular flexibility index (Phi) is 5.24. The maximum atomic E-state index is 12.3. The Balaban J connectivity index is 1.44. The molecule has 8 heteroatoms. The predicted molar refractivity (Wildman–Crippen MR) is 90.6 cm³/mol. The van der Waals surface area contributed by atoms with Crippen LogP contribution in [0, 0.1) is 0 Å². The van der Waals surface area contributed by atoms with Crippen LogP contribution in [-0.2, 0) is 20.8 Å². The van der Waals surface area contributed by atoms with E-state index in [1.165, 1.54) is 0 Å². The molecule has 0 saturated carbocycles. The van der Waals surface area contributed by atoms with Gasteiger partial charge >= 0.3 is 0 Å². The van der Waals surface area contributed by atoms with Crippen LogP contribution in [0.1, 0.15) is 30.6 Å². The van der Waals surface area contributed by atoms with E-state index in [9.17, 15) is 14.4 Å². The summed E-state index contributed by atoms with van der Waals surface area (Å²) in [6, 6.07) is 3.97. The maximum absolute atomic E-state index is 12.3. The number of thiophene rings is 1. The van der Waals surface area contributed by atoms with E-state index in [0.29, 0.717) is 38.1 Å². The molecule has 0 aromatic carbocycles. The molecule has 2 aliphatic rings. The van der Waals surface area contributed by atoms with Crippen molar-refractivity contribution in [3.05, 3.63) is 22.4 Å². The zero-order chi connectivity index (χ0) is 16.9. The lowest BCUT2D eigenvalue weighted by atomic mass is 10.0. The van der Waals surface area contributed by atoms with E-state index in [-0.39, 0.29) is 23.8 Å². The van der Waals surface area contributed by atoms with Crippen molar-refractivity contribution in [3.63, 3.8) is 0 Å². The first-order chi connectivity index (χ1) is 11.6. The summed E-state index contributed by atoms with van der Waals surface area (Å²) in [7, 11) is 0. The van der Waals surface area contributed by atoms with E-state index in [0.717, 1.165) is 17.7 Å². The zero-order valence-corrected chi connectivity index (χ0v) is 14.1. The molecule has 1 aromatic heterocycles. The van der Waals surface area contributed by atoms with Crippen molar-refractivity contribution in [2.24, 2.45) is 5.10 Å². The second-order valence-electron chi connectivity index (χ2n) is 5.98. The highest BCUT2D eigenvalue weighted by Gasteiger charge is 2.26. The molecule has 2 N–H and O–H groups in total. The summed E-state index contributed by atoms with van der Waals surface area (Å²) in [4.78, 5) is 38.4. The molecule has 1 saturated heterocycles. The molecule has 7 nitrogen and oxygen atoms in total. The second kappa shape index (κ2) is 7.57. The molecule has 24 heavy (non-hydrogen) atoms. The van der Waals surface area contributed by atoms with Gasteiger partial charge in [-0.05, 0) is 24.3 Å². The molecule has 0 radical (unpaired) electrons. The highest BCUT2D eigenvalue weighted by Crippen LogP contribution is 2.15. The molecule has 2 aliphatic heterocycles. The van der Waals surface area contributed by atoms with Gasteiger partial charge in [-0.3, -0.25) is 14.4 Å². The molecule has 0 spiro atoms. The molecule has 0 aliphatic carbocycles. The summed E-state index contributed by atoms with van der Waals surface area (Å²) in [6.45, 7) is 1.30. The average Bonchev–Trinajstić information content (AvgIpc) is 3.09. The van der Waals surface area contributed by atoms with Gasteiger partial charge in [0.1, 0.15) is 5.71 Å². The summed E-state index contributed by atoms with van der Waals surface area (Å²) >= 11 is 1.59. The molecule has 0 atom stereocenters. The van der Waals surface area contributed by atoms with E-state index in [2.05, 4.69) is 15.8 Å². The molecule has 3 heterocycles. The van der Waals surface area contributed by atoms with Crippen LogP contribution in [0.2, 0.25) is 0 Å². The SMILES string of the molecule is O=C1CCC(C(=O)NC2CCN(C(=O)Cc3cccs3)CC2)=NN1. The third-order valence-corrected chi connectivity index (χ3v) is 5.13. The molecular formula is C16H20N4O3S. The number of piperidine rings is 1. The fourth-order valence-corrected chi connectivity index (χ4v) is 3.55. The van der Waals surface area contributed by atoms with Gasteiger partial charge in [0.05, 0.1) is 6.42 Å². The summed E-state index contributed by atoms with van der Waals surface area (Å²) in [6.07, 6.45) is 2.59. The molecule has 0 bridgehead atoms. The van der Waals surface area contributed by atoms with Crippen LogP contribution in [-0.4, -0.2) is 47.5 Å². The Morgan fingerprint density at radius 1 is 1.33 bits per heavy atom. The van der Waals surface area contributed by atoms with Crippen LogP contribution in [0.4, 0.5) is 0 Å². The van der Waals surface area contributed by atoms with E-state index in [1.54, 1.807) is 11.3 Å². The standard InChI is InChI=1S/C16H20N4O3S/c21-14-4-3-13(18-19-14)16(23)17-11-5-7-20(8-6-11)15(22)10-12-2-1-9-24-12/h1-2,9,11H,3-8,10H2,(H,17,23)(H,19,21). The zero-order valence-electron chi connectivity index (χ0n) is 13.3. The number of hydrogen-bond donors (Lipinski definition) is 2. The molecular weight excluding hydrogens is 328 g/mol. The largest absolute Gasteiger partial charge is 0.348 e. The topological polar surface area (TPSA) is 90.9 Å². The number of nitrogens with zero attached hydrogens (tertiary/aromatic N) is 2. The van der Waals surface area contributed by atoms with Crippen LogP contribution in [0.15, 0.2) is 22.6 Å². The summed E-state index contributed by atoms with van der Waals surface area (Å²) in [5.41, 5.74) is 2.70. The van der Waals surface area contributed by atoms with E-state index < -0.39 is 0 Å². The quantitative estimate of drug-likeness (QED) is 0.838. The highest BCUT2D eigenvalue weighted by atomic mass is 32.1. The van der Waals surface area contributed by atoms with Crippen molar-refractivity contribution in [2.75, 3.05) is 13.1 Å². The summed E-state index contributed by atoms with van der Waals surface area (Å²) in [5.74, 6) is -0.246. The van der Waals surface area contributed by atoms with Gasteiger partial charge < -0.3 is 10.2 Å². The molecule has 1 fully saturated rings. The Labute approximate surface area is 144 Å². The van der Waals surface area contributed by atoms with Gasteiger partial charge in [0.25, 0.3) is 5.91 Å². The number of hydrogen-bond acceptors (Lipinski definition) is 5. The number of amides is 3. The van der Waals surface area contributed by atoms with Gasteiger partial charge in [0.2, 0.25) is 11.8 Å². The lowest BCUT2D eigenvalue weighted by molar-refractivity contribution is -0.131. The monoisotopic (exact) mass is 348 g/mol. The Hall–Kier alpha value is -2.22. The summed E-state index contributed by atoms with van der Waals surface area (Å²) < 4.78 is 0. The second-order valence-corrected chi connectivity index (χ2v) is 7.01. The van der Waals surface area contributed by atoms with Crippen LogP contribution in [0.5, 0.6) is 0 Å². The third kappa shape index (κ3) is 4.19. The first-order valence-corrected chi connectivity index (χ1v) is 8.96. The van der Waals surface area contributed by atoms with Crippen molar-refractivity contribution >= 4 is 34.8 Å². The van der Waals surface area contributed by atoms with Crippen molar-refractivity contribution < 1.29 is 14.4 Å². The van der Waals surface area contributed by atoms with E-state index >= 15 is 0 Å². The van der Waals surface area contributed by atoms with Gasteiger partial charge in [-0.1, -0.05) is 6.07 Å². The number of carbonyl (C=O) groups is 3. The predicted octanol–water partition coefficient (Wildman–Crippen LogP) is 0.664. The van der Waals surface area contributed by atoms with Crippen LogP contribution < -0.4 is 10.7 Å². The van der Waals surface area contributed by atoms with Gasteiger partial charge in [-0.25, -0.2) is 5.43 Å². The molecule has 0 unspecified atom stereocenters. The van der Waals surface area contributed by atoms with Crippen LogP contribution in [0.3, 0.4) is 0 Å². The Bertz CT molecular complexity index is 648. The van der Waals surface area contributed by atoms with Gasteiger partial charge in [-0.2, -0.15) is 5.10 Å². The van der Waals surface area contributed by atoms with Crippen LogP contribution >= 0.6 is 11.3 Å². The van der Waals surface area contributed by atoms with Crippen molar-refractivity contribution in [2.45, 2.75) is 38.1 Å². The number of hydrazone groups is 1. The minimum absolute atomic E-state index is 0.0450. The minimum atomic E-state index is -0.224. The van der Waals surface area contributed by atoms with Crippen LogP contribution in [0.25, 0.3) is 0 Å². The molecule has 1 aromatic rings. The highest BCUT2D eigenvalue weighted by molar-refractivity contribution is 7.10. The first kappa shape index (κ1) is 16.6. The smallest absolute Gasteiger partial charge is 0.267 e. The molecule has 3 amide bonds. The van der Waals surface area contributed by atoms with Gasteiger partial charge in [-0.15, -0.1) is 11.3 Å². The van der Waals surface area contributed by atoms with E-state index in [4.69, 9.17) is 0 Å². The molecule has 3 rings (SSSR count). The Morgan fingerprint density at radius 2 is 2.12 bits per heavy atom. The third-order valence-electron chi connectivity index (χ3n) is 4.25. The minimum Gasteiger partial charge on any atom is -0.348 e. The number of likely N-dealkylation sites (tertiary alicyclic amines) is 1. The number of carbonyl (C=O) groups excluding carboxylic acids is 3. The Morgan fingerprint density at radius 3 is 2.75 bits per heavy atom. The van der Waals surface area contributed by atoms with E-state index in [1.807, 2.05) is 22.4 Å². The van der Waals surface area contributed by atoms with Gasteiger partial charge in [0.15, 0.2) is 0 Å². The fraction of sp³-hybridized carbons (Fsp3) is 0.500. The van der Waals surface area contributed by atoms with Crippen molar-refractivity contribution in [1.82, 2.24) is 15.6 Å². The normalized spacial score (nSPS) is 18.8.